The minimum absolute atomic E-state index is 0.0874. The van der Waals surface area contributed by atoms with Crippen LogP contribution in [0.25, 0.3) is 0 Å². The van der Waals surface area contributed by atoms with Gasteiger partial charge >= 0.3 is 0 Å². The van der Waals surface area contributed by atoms with Crippen LogP contribution >= 0.6 is 34.5 Å². The maximum Gasteiger partial charge on any atom is 0.160 e. The van der Waals surface area contributed by atoms with Gasteiger partial charge in [0, 0.05) is 4.88 Å². The Kier molecular flexibility index (Phi) is 4.97. The zero-order valence-corrected chi connectivity index (χ0v) is 13.0. The van der Waals surface area contributed by atoms with E-state index in [1.54, 1.807) is 14.2 Å². The molecular weight excluding hydrogens is 303 g/mol. The van der Waals surface area contributed by atoms with Crippen molar-refractivity contribution in [1.29, 1.82) is 0 Å². The summed E-state index contributed by atoms with van der Waals surface area (Å²) < 4.78 is 11.2. The Balaban J connectivity index is 2.14. The molecule has 1 heterocycles. The van der Waals surface area contributed by atoms with Crippen molar-refractivity contribution in [1.82, 2.24) is 0 Å². The van der Waals surface area contributed by atoms with Crippen LogP contribution in [0.1, 0.15) is 15.8 Å². The van der Waals surface area contributed by atoms with Gasteiger partial charge in [-0.2, -0.15) is 0 Å². The molecule has 0 aliphatic heterocycles. The monoisotopic (exact) mass is 316 g/mol. The first-order valence-electron chi connectivity index (χ1n) is 5.74. The normalized spacial score (nSPS) is 12.2. The van der Waals surface area contributed by atoms with Crippen LogP contribution in [0.15, 0.2) is 30.3 Å². The van der Waals surface area contributed by atoms with E-state index in [9.17, 15) is 0 Å². The van der Waals surface area contributed by atoms with Crippen LogP contribution in [0.5, 0.6) is 11.5 Å². The largest absolute Gasteiger partial charge is 0.493 e. The molecule has 1 unspecified atom stereocenters. The first kappa shape index (κ1) is 14.5. The molecule has 0 N–H and O–H groups in total. The molecule has 2 nitrogen and oxygen atoms in total. The molecule has 0 saturated carbocycles. The van der Waals surface area contributed by atoms with E-state index in [2.05, 4.69) is 0 Å². The van der Waals surface area contributed by atoms with Crippen molar-refractivity contribution in [3.63, 3.8) is 0 Å². The Bertz CT molecular complexity index is 554. The quantitative estimate of drug-likeness (QED) is 0.727. The summed E-state index contributed by atoms with van der Waals surface area (Å²) in [6.07, 6.45) is 0.721. The molecule has 0 bridgehead atoms. The Hall–Kier alpha value is -0.900. The third-order valence-electron chi connectivity index (χ3n) is 2.77. The Labute approximate surface area is 126 Å². The predicted octanol–water partition coefficient (Wildman–Crippen LogP) is 4.94. The van der Waals surface area contributed by atoms with Gasteiger partial charge in [-0.1, -0.05) is 17.7 Å². The first-order chi connectivity index (χ1) is 9.13. The number of halogens is 2. The van der Waals surface area contributed by atoms with E-state index in [-0.39, 0.29) is 5.38 Å². The molecule has 0 spiro atoms. The van der Waals surface area contributed by atoms with Crippen LogP contribution < -0.4 is 9.47 Å². The highest BCUT2D eigenvalue weighted by Gasteiger charge is 2.13. The average molecular weight is 317 g/mol. The molecule has 1 atom stereocenters. The van der Waals surface area contributed by atoms with E-state index in [1.165, 1.54) is 11.3 Å². The van der Waals surface area contributed by atoms with Gasteiger partial charge in [-0.25, -0.2) is 0 Å². The standard InChI is InChI=1S/C14H14Cl2O2S/c1-17-11-4-3-9(8-12(11)18-2)7-10(15)13-5-6-14(16)19-13/h3-6,8,10H,7H2,1-2H3. The summed E-state index contributed by atoms with van der Waals surface area (Å²) >= 11 is 13.8. The summed E-state index contributed by atoms with van der Waals surface area (Å²) in [6.45, 7) is 0. The second-order valence-electron chi connectivity index (χ2n) is 4.00. The molecule has 2 aromatic rings. The highest BCUT2D eigenvalue weighted by Crippen LogP contribution is 2.35. The number of benzene rings is 1. The van der Waals surface area contributed by atoms with E-state index >= 15 is 0 Å². The average Bonchev–Trinajstić information content (AvgIpc) is 2.85. The summed E-state index contributed by atoms with van der Waals surface area (Å²) in [4.78, 5) is 1.07. The topological polar surface area (TPSA) is 18.5 Å². The molecule has 0 amide bonds. The number of thiophene rings is 1. The zero-order chi connectivity index (χ0) is 13.8. The van der Waals surface area contributed by atoms with Gasteiger partial charge in [0.25, 0.3) is 0 Å². The fourth-order valence-corrected chi connectivity index (χ4v) is 3.24. The molecule has 2 rings (SSSR count). The molecule has 0 aliphatic carbocycles. The Morgan fingerprint density at radius 1 is 1.11 bits per heavy atom. The predicted molar refractivity (Wildman–Crippen MR) is 81.2 cm³/mol. The third kappa shape index (κ3) is 3.56. The summed E-state index contributed by atoms with van der Waals surface area (Å²) in [5, 5.41) is -0.0874. The van der Waals surface area contributed by atoms with E-state index in [0.29, 0.717) is 5.75 Å². The molecule has 5 heteroatoms. The van der Waals surface area contributed by atoms with Crippen molar-refractivity contribution >= 4 is 34.5 Å². The lowest BCUT2D eigenvalue weighted by atomic mass is 10.1. The maximum atomic E-state index is 6.40. The maximum absolute atomic E-state index is 6.40. The zero-order valence-electron chi connectivity index (χ0n) is 10.7. The van der Waals surface area contributed by atoms with E-state index in [1.807, 2.05) is 30.3 Å². The van der Waals surface area contributed by atoms with Gasteiger partial charge in [0.05, 0.1) is 23.9 Å². The minimum atomic E-state index is -0.0874. The molecular formula is C14H14Cl2O2S. The highest BCUT2D eigenvalue weighted by molar-refractivity contribution is 7.16. The third-order valence-corrected chi connectivity index (χ3v) is 4.63. The van der Waals surface area contributed by atoms with Crippen LogP contribution in [0, 0.1) is 0 Å². The van der Waals surface area contributed by atoms with Crippen molar-refractivity contribution < 1.29 is 9.47 Å². The van der Waals surface area contributed by atoms with E-state index < -0.39 is 0 Å². The number of alkyl halides is 1. The lowest BCUT2D eigenvalue weighted by molar-refractivity contribution is 0.354. The van der Waals surface area contributed by atoms with Gasteiger partial charge in [-0.3, -0.25) is 0 Å². The fourth-order valence-electron chi connectivity index (χ4n) is 1.81. The molecule has 19 heavy (non-hydrogen) atoms. The number of ether oxygens (including phenoxy) is 2. The van der Waals surface area contributed by atoms with Crippen LogP contribution in [-0.4, -0.2) is 14.2 Å². The summed E-state index contributed by atoms with van der Waals surface area (Å²) in [5.74, 6) is 1.43. The minimum Gasteiger partial charge on any atom is -0.493 e. The van der Waals surface area contributed by atoms with Gasteiger partial charge in [0.1, 0.15) is 0 Å². The van der Waals surface area contributed by atoms with Crippen molar-refractivity contribution in [3.05, 3.63) is 45.1 Å². The number of hydrogen-bond acceptors (Lipinski definition) is 3. The van der Waals surface area contributed by atoms with Crippen molar-refractivity contribution in [2.75, 3.05) is 14.2 Å². The van der Waals surface area contributed by atoms with Gasteiger partial charge in [-0.05, 0) is 36.2 Å². The molecule has 0 radical (unpaired) electrons. The number of methoxy groups -OCH3 is 2. The van der Waals surface area contributed by atoms with Gasteiger partial charge < -0.3 is 9.47 Å². The number of hydrogen-bond donors (Lipinski definition) is 0. The summed E-state index contributed by atoms with van der Waals surface area (Å²) in [6, 6.07) is 9.66. The molecule has 1 aromatic heterocycles. The highest BCUT2D eigenvalue weighted by atomic mass is 35.5. The summed E-state index contributed by atoms with van der Waals surface area (Å²) in [7, 11) is 3.24. The second kappa shape index (κ2) is 6.51. The van der Waals surface area contributed by atoms with Gasteiger partial charge in [0.2, 0.25) is 0 Å². The van der Waals surface area contributed by atoms with Crippen LogP contribution in [0.3, 0.4) is 0 Å². The SMILES string of the molecule is COc1ccc(CC(Cl)c2ccc(Cl)s2)cc1OC. The van der Waals surface area contributed by atoms with Gasteiger partial charge in [-0.15, -0.1) is 22.9 Å². The van der Waals surface area contributed by atoms with Crippen molar-refractivity contribution in [2.24, 2.45) is 0 Å². The van der Waals surface area contributed by atoms with E-state index in [4.69, 9.17) is 32.7 Å². The second-order valence-corrected chi connectivity index (χ2v) is 6.28. The lowest BCUT2D eigenvalue weighted by Crippen LogP contribution is -1.96. The molecule has 0 saturated heterocycles. The van der Waals surface area contributed by atoms with E-state index in [0.717, 1.165) is 26.9 Å². The number of rotatable bonds is 5. The van der Waals surface area contributed by atoms with Crippen LogP contribution in [-0.2, 0) is 6.42 Å². The Morgan fingerprint density at radius 2 is 1.84 bits per heavy atom. The Morgan fingerprint density at radius 3 is 2.42 bits per heavy atom. The van der Waals surface area contributed by atoms with Gasteiger partial charge in [0.15, 0.2) is 11.5 Å². The van der Waals surface area contributed by atoms with Crippen molar-refractivity contribution in [3.8, 4) is 11.5 Å². The molecule has 0 fully saturated rings. The smallest absolute Gasteiger partial charge is 0.160 e. The van der Waals surface area contributed by atoms with Crippen LogP contribution in [0.2, 0.25) is 4.34 Å². The van der Waals surface area contributed by atoms with Crippen LogP contribution in [0.4, 0.5) is 0 Å². The molecule has 1 aromatic carbocycles. The van der Waals surface area contributed by atoms with Crippen molar-refractivity contribution in [2.45, 2.75) is 11.8 Å². The molecule has 102 valence electrons. The first-order valence-corrected chi connectivity index (χ1v) is 7.37. The molecule has 0 aliphatic rings. The lowest BCUT2D eigenvalue weighted by Gasteiger charge is -2.11. The summed E-state index contributed by atoms with van der Waals surface area (Å²) in [5.41, 5.74) is 1.10. The fraction of sp³-hybridized carbons (Fsp3) is 0.286.